The molecule has 1 atom stereocenters. The minimum Gasteiger partial charge on any atom is -0.462 e. The summed E-state index contributed by atoms with van der Waals surface area (Å²) in [6, 6.07) is 1.91. The number of halogens is 3. The van der Waals surface area contributed by atoms with Crippen molar-refractivity contribution in [2.75, 3.05) is 13.6 Å². The molecule has 7 heteroatoms. The van der Waals surface area contributed by atoms with Gasteiger partial charge >= 0.3 is 0 Å². The van der Waals surface area contributed by atoms with Gasteiger partial charge in [0.1, 0.15) is 5.60 Å². The predicted molar refractivity (Wildman–Crippen MR) is 89.6 cm³/mol. The van der Waals surface area contributed by atoms with E-state index in [2.05, 4.69) is 4.74 Å². The highest BCUT2D eigenvalue weighted by Crippen LogP contribution is 2.29. The van der Waals surface area contributed by atoms with E-state index in [4.69, 9.17) is 0 Å². The molecule has 1 aliphatic rings. The second-order valence-corrected chi connectivity index (χ2v) is 6.30. The summed E-state index contributed by atoms with van der Waals surface area (Å²) in [5.74, 6) is -4.23. The number of likely N-dealkylation sites (N-methyl/N-ethyl adjacent to an activating group) is 1. The fourth-order valence-electron chi connectivity index (χ4n) is 2.04. The van der Waals surface area contributed by atoms with Crippen LogP contribution in [0.1, 0.15) is 52.5 Å². The molecule has 1 aliphatic heterocycles. The Hall–Kier alpha value is -2.05. The Labute approximate surface area is 147 Å². The number of hydrogen-bond donors (Lipinski definition) is 0. The van der Waals surface area contributed by atoms with Crippen LogP contribution in [0.5, 0.6) is 0 Å². The lowest BCUT2D eigenvalue weighted by Crippen LogP contribution is -2.18. The third-order valence-corrected chi connectivity index (χ3v) is 3.22. The van der Waals surface area contributed by atoms with Crippen LogP contribution in [0.2, 0.25) is 0 Å². The van der Waals surface area contributed by atoms with E-state index in [0.717, 1.165) is 12.1 Å². The third kappa shape index (κ3) is 7.58. The Morgan fingerprint density at radius 1 is 1.16 bits per heavy atom. The van der Waals surface area contributed by atoms with E-state index >= 15 is 0 Å². The quantitative estimate of drug-likeness (QED) is 0.590. The number of amides is 1. The van der Waals surface area contributed by atoms with Crippen LogP contribution in [0, 0.1) is 17.5 Å². The molecule has 1 saturated heterocycles. The minimum atomic E-state index is -1.47. The molecule has 1 aromatic rings. The first-order valence-electron chi connectivity index (χ1n) is 8.05. The Balaban J connectivity index is 0.000000544. The molecule has 1 aromatic carbocycles. The number of hydrogen-bond acceptors (Lipinski definition) is 3. The van der Waals surface area contributed by atoms with Crippen molar-refractivity contribution in [2.24, 2.45) is 0 Å². The van der Waals surface area contributed by atoms with Gasteiger partial charge in [-0.2, -0.15) is 0 Å². The summed E-state index contributed by atoms with van der Waals surface area (Å²) in [5.41, 5.74) is 0.0102. The first-order chi connectivity index (χ1) is 11.5. The van der Waals surface area contributed by atoms with E-state index in [0.29, 0.717) is 18.6 Å². The lowest BCUT2D eigenvalue weighted by molar-refractivity contribution is -0.138. The topological polar surface area (TPSA) is 46.6 Å². The number of carbonyl (C=O) groups is 2. The Morgan fingerprint density at radius 3 is 1.92 bits per heavy atom. The van der Waals surface area contributed by atoms with E-state index in [1.807, 2.05) is 34.6 Å². The van der Waals surface area contributed by atoms with Crippen LogP contribution in [0.4, 0.5) is 13.2 Å². The molecule has 1 unspecified atom stereocenters. The second kappa shape index (κ2) is 10.1. The van der Waals surface area contributed by atoms with Gasteiger partial charge in [-0.1, -0.05) is 13.8 Å². The fourth-order valence-corrected chi connectivity index (χ4v) is 2.04. The fraction of sp³-hybridized carbons (Fsp3) is 0.556. The molecule has 0 radical (unpaired) electrons. The van der Waals surface area contributed by atoms with E-state index in [-0.39, 0.29) is 23.8 Å². The number of ether oxygens (including phenoxy) is 1. The molecule has 1 amide bonds. The SMILES string of the molecule is CC.CC(C)(C)OC=O.CN1CC(c2cc(F)c(F)c(F)c2)CC1=O. The van der Waals surface area contributed by atoms with Crippen LogP contribution in [-0.4, -0.2) is 36.5 Å². The molecule has 0 aliphatic carbocycles. The minimum absolute atomic E-state index is 0.0739. The summed E-state index contributed by atoms with van der Waals surface area (Å²) >= 11 is 0. The van der Waals surface area contributed by atoms with Crippen molar-refractivity contribution in [3.05, 3.63) is 35.1 Å². The van der Waals surface area contributed by atoms with Crippen LogP contribution in [0.3, 0.4) is 0 Å². The number of benzene rings is 1. The highest BCUT2D eigenvalue weighted by molar-refractivity contribution is 5.79. The Morgan fingerprint density at radius 2 is 1.64 bits per heavy atom. The summed E-state index contributed by atoms with van der Waals surface area (Å²) in [7, 11) is 1.62. The molecule has 2 rings (SSSR count). The maximum atomic E-state index is 13.0. The summed E-state index contributed by atoms with van der Waals surface area (Å²) in [6.07, 6.45) is 0.209. The molecule has 0 aromatic heterocycles. The second-order valence-electron chi connectivity index (χ2n) is 6.30. The van der Waals surface area contributed by atoms with Crippen molar-refractivity contribution in [1.82, 2.24) is 4.90 Å². The Bertz CT molecular complexity index is 562. The molecule has 0 spiro atoms. The molecule has 1 heterocycles. The molecule has 142 valence electrons. The molecular formula is C18H26F3NO3. The van der Waals surface area contributed by atoms with Crippen LogP contribution >= 0.6 is 0 Å². The first kappa shape index (κ1) is 22.9. The zero-order chi connectivity index (χ0) is 19.8. The van der Waals surface area contributed by atoms with Gasteiger partial charge in [0, 0.05) is 25.9 Å². The third-order valence-electron chi connectivity index (χ3n) is 3.22. The molecular weight excluding hydrogens is 335 g/mol. The number of likely N-dealkylation sites (tertiary alicyclic amines) is 1. The lowest BCUT2D eigenvalue weighted by atomic mass is 9.98. The standard InChI is InChI=1S/C11H10F3NO.C5H10O2.C2H6/c1-15-5-7(4-10(15)16)6-2-8(12)11(14)9(13)3-6;1-5(2,3)7-4-6;1-2/h2-3,7H,4-5H2,1H3;4H,1-3H3;1-2H3. The van der Waals surface area contributed by atoms with Gasteiger partial charge < -0.3 is 9.64 Å². The summed E-state index contributed by atoms with van der Waals surface area (Å²) in [5, 5.41) is 0. The Kier molecular flexibility index (Phi) is 9.23. The maximum Gasteiger partial charge on any atom is 0.293 e. The molecule has 0 N–H and O–H groups in total. The molecule has 0 saturated carbocycles. The predicted octanol–water partition coefficient (Wildman–Crippen LogP) is 4.03. The van der Waals surface area contributed by atoms with Crippen LogP contribution in [-0.2, 0) is 14.3 Å². The number of carbonyl (C=O) groups excluding carboxylic acids is 2. The van der Waals surface area contributed by atoms with Gasteiger partial charge in [0.25, 0.3) is 6.47 Å². The van der Waals surface area contributed by atoms with E-state index in [9.17, 15) is 22.8 Å². The first-order valence-corrected chi connectivity index (χ1v) is 8.05. The van der Waals surface area contributed by atoms with Crippen molar-refractivity contribution >= 4 is 12.4 Å². The van der Waals surface area contributed by atoms with E-state index in [1.54, 1.807) is 7.05 Å². The maximum absolute atomic E-state index is 13.0. The monoisotopic (exact) mass is 361 g/mol. The van der Waals surface area contributed by atoms with E-state index < -0.39 is 17.5 Å². The average molecular weight is 361 g/mol. The van der Waals surface area contributed by atoms with Gasteiger partial charge in [0.05, 0.1) is 0 Å². The number of rotatable bonds is 2. The number of nitrogens with zero attached hydrogens (tertiary/aromatic N) is 1. The van der Waals surface area contributed by atoms with Crippen LogP contribution in [0.25, 0.3) is 0 Å². The van der Waals surface area contributed by atoms with E-state index in [1.165, 1.54) is 4.90 Å². The van der Waals surface area contributed by atoms with Gasteiger partial charge in [0.2, 0.25) is 5.91 Å². The highest BCUT2D eigenvalue weighted by atomic mass is 19.2. The summed E-state index contributed by atoms with van der Waals surface area (Å²) in [4.78, 5) is 22.3. The van der Waals surface area contributed by atoms with Gasteiger partial charge in [-0.15, -0.1) is 0 Å². The van der Waals surface area contributed by atoms with Crippen molar-refractivity contribution in [3.8, 4) is 0 Å². The normalized spacial score (nSPS) is 16.4. The van der Waals surface area contributed by atoms with Crippen LogP contribution < -0.4 is 0 Å². The highest BCUT2D eigenvalue weighted by Gasteiger charge is 2.29. The summed E-state index contributed by atoms with van der Waals surface area (Å²) < 4.78 is 43.2. The molecule has 0 bridgehead atoms. The van der Waals surface area contributed by atoms with Crippen molar-refractivity contribution < 1.29 is 27.5 Å². The van der Waals surface area contributed by atoms with Crippen molar-refractivity contribution in [3.63, 3.8) is 0 Å². The zero-order valence-electron chi connectivity index (χ0n) is 15.5. The zero-order valence-corrected chi connectivity index (χ0v) is 15.5. The van der Waals surface area contributed by atoms with Gasteiger partial charge in [0.15, 0.2) is 17.5 Å². The van der Waals surface area contributed by atoms with Gasteiger partial charge in [-0.25, -0.2) is 13.2 Å². The van der Waals surface area contributed by atoms with Crippen molar-refractivity contribution in [2.45, 2.75) is 52.6 Å². The molecule has 25 heavy (non-hydrogen) atoms. The molecule has 4 nitrogen and oxygen atoms in total. The smallest absolute Gasteiger partial charge is 0.293 e. The lowest BCUT2D eigenvalue weighted by Gasteiger charge is -2.14. The van der Waals surface area contributed by atoms with Crippen LogP contribution in [0.15, 0.2) is 12.1 Å². The van der Waals surface area contributed by atoms with Gasteiger partial charge in [-0.3, -0.25) is 9.59 Å². The summed E-state index contributed by atoms with van der Waals surface area (Å²) in [6.45, 7) is 10.3. The van der Waals surface area contributed by atoms with Crippen molar-refractivity contribution in [1.29, 1.82) is 0 Å². The molecule has 1 fully saturated rings. The average Bonchev–Trinajstić information content (AvgIpc) is 2.85. The largest absolute Gasteiger partial charge is 0.462 e. The van der Waals surface area contributed by atoms with Gasteiger partial charge in [-0.05, 0) is 38.5 Å².